The van der Waals surface area contributed by atoms with Crippen LogP contribution >= 0.6 is 12.0 Å². The van der Waals surface area contributed by atoms with Crippen LogP contribution in [0.1, 0.15) is 84.3 Å². The third-order valence-electron chi connectivity index (χ3n) is 10.3. The Bertz CT molecular complexity index is 1910. The smallest absolute Gasteiger partial charge is 0.324 e. The maximum absolute atomic E-state index is 12.2. The molecule has 1 aliphatic carbocycles. The first kappa shape index (κ1) is 40.4. The van der Waals surface area contributed by atoms with Gasteiger partial charge in [-0.15, -0.1) is 9.81 Å². The van der Waals surface area contributed by atoms with Crippen LogP contribution in [0.5, 0.6) is 0 Å². The van der Waals surface area contributed by atoms with Crippen LogP contribution in [0.25, 0.3) is 0 Å². The molecule has 3 aliphatic rings. The number of nitrogens with zero attached hydrogens (tertiary/aromatic N) is 2. The van der Waals surface area contributed by atoms with Gasteiger partial charge in [-0.1, -0.05) is 63.5 Å². The minimum atomic E-state index is -4.41. The van der Waals surface area contributed by atoms with Gasteiger partial charge in [0, 0.05) is 65.1 Å². The van der Waals surface area contributed by atoms with Crippen molar-refractivity contribution in [3.05, 3.63) is 83.6 Å². The first-order valence-electron chi connectivity index (χ1n) is 17.6. The quantitative estimate of drug-likeness (QED) is 0.0319. The number of nitrogens with one attached hydrogen (secondary N) is 1. The second-order valence-corrected chi connectivity index (χ2v) is 16.6. The Morgan fingerprint density at radius 1 is 0.981 bits per heavy atom. The van der Waals surface area contributed by atoms with Gasteiger partial charge in [0.25, 0.3) is 10.1 Å². The molecular weight excluding hydrogens is 723 g/mol. The molecule has 3 N–H and O–H groups in total. The highest BCUT2D eigenvalue weighted by molar-refractivity contribution is 7.94. The van der Waals surface area contributed by atoms with E-state index < -0.39 is 27.5 Å². The van der Waals surface area contributed by atoms with Gasteiger partial charge in [0.05, 0.1) is 23.0 Å². The minimum Gasteiger partial charge on any atom is -0.370 e. The standard InChI is InChI=1S/C38H47N3O10S2/c1-6-40-29-18-16-25(52-51-50-45)23-27(29)37(2,3)33(40)13-9-7-10-14-34-38(4,5)28-24-26(53(46,47)48)17-19-30(28)41(34)22-12-8-11-15-35(44)49-39-36-31(42)20-21-32(36)43/h7,9-10,13-14,16-19,23-24,33,36,39,45H,6,8,11-12,15,20-22H2,1-5H3,(H,46,47,48)/b10-7+,13-9+,34-14+. The number of rotatable bonds is 16. The molecule has 0 radical (unpaired) electrons. The molecule has 0 saturated heterocycles. The lowest BCUT2D eigenvalue weighted by Gasteiger charge is -2.31. The molecule has 1 fully saturated rings. The van der Waals surface area contributed by atoms with E-state index in [2.05, 4.69) is 51.5 Å². The zero-order valence-electron chi connectivity index (χ0n) is 30.5. The predicted molar refractivity (Wildman–Crippen MR) is 201 cm³/mol. The van der Waals surface area contributed by atoms with Gasteiger partial charge < -0.3 is 14.6 Å². The largest absolute Gasteiger partial charge is 0.370 e. The number of hydroxylamine groups is 1. The Hall–Kier alpha value is -3.83. The Morgan fingerprint density at radius 2 is 1.70 bits per heavy atom. The number of fused-ring (bicyclic) bond motifs is 2. The third-order valence-corrected chi connectivity index (χ3v) is 11.7. The topological polar surface area (TPSA) is 172 Å². The molecule has 2 aromatic carbocycles. The van der Waals surface area contributed by atoms with E-state index >= 15 is 0 Å². The number of hydrogen-bond donors (Lipinski definition) is 3. The zero-order valence-corrected chi connectivity index (χ0v) is 32.2. The number of allylic oxidation sites excluding steroid dienone is 5. The molecule has 0 bridgehead atoms. The van der Waals surface area contributed by atoms with Crippen LogP contribution in [0, 0.1) is 0 Å². The summed E-state index contributed by atoms with van der Waals surface area (Å²) in [5.41, 5.74) is 6.33. The maximum Gasteiger partial charge on any atom is 0.324 e. The Balaban J connectivity index is 1.28. The van der Waals surface area contributed by atoms with Crippen LogP contribution in [0.3, 0.4) is 0 Å². The van der Waals surface area contributed by atoms with Crippen molar-refractivity contribution in [2.24, 2.45) is 0 Å². The molecule has 286 valence electrons. The lowest BCUT2D eigenvalue weighted by Crippen LogP contribution is -2.39. The number of unbranched alkanes of at least 4 members (excludes halogenated alkanes) is 2. The SMILES string of the molecule is CCN1c2ccc(SOOO)cc2C(C)(C)C1/C=C/C=C/C=C1/N(CCCCCC(=O)ONC2C(=O)CCC2=O)c2ccc(S(=O)(=O)O)cc2C1(C)C. The van der Waals surface area contributed by atoms with Gasteiger partial charge in [0.15, 0.2) is 17.6 Å². The molecule has 1 saturated carbocycles. The predicted octanol–water partition coefficient (Wildman–Crippen LogP) is 6.55. The van der Waals surface area contributed by atoms with Crippen LogP contribution < -0.4 is 15.3 Å². The van der Waals surface area contributed by atoms with Gasteiger partial charge in [-0.05, 0) is 73.4 Å². The average molecular weight is 770 g/mol. The molecule has 0 spiro atoms. The van der Waals surface area contributed by atoms with Gasteiger partial charge in [-0.25, -0.2) is 5.26 Å². The number of likely N-dealkylation sites (N-methyl/N-ethyl adjacent to an activating group) is 1. The maximum atomic E-state index is 12.2. The normalized spacial score (nSPS) is 20.4. The molecule has 13 nitrogen and oxygen atoms in total. The van der Waals surface area contributed by atoms with Crippen molar-refractivity contribution in [3.63, 3.8) is 0 Å². The molecule has 0 amide bonds. The summed E-state index contributed by atoms with van der Waals surface area (Å²) in [5.74, 6) is -1.10. The van der Waals surface area contributed by atoms with Gasteiger partial charge in [0.1, 0.15) is 0 Å². The molecule has 2 heterocycles. The summed E-state index contributed by atoms with van der Waals surface area (Å²) >= 11 is 0.933. The van der Waals surface area contributed by atoms with E-state index in [0.717, 1.165) is 51.7 Å². The summed E-state index contributed by atoms with van der Waals surface area (Å²) in [7, 11) is -4.41. The number of anilines is 2. The Labute approximate surface area is 314 Å². The number of benzene rings is 2. The van der Waals surface area contributed by atoms with Crippen LogP contribution in [-0.4, -0.2) is 60.9 Å². The first-order chi connectivity index (χ1) is 25.1. The first-order valence-corrected chi connectivity index (χ1v) is 19.8. The minimum absolute atomic E-state index is 0.0679. The highest BCUT2D eigenvalue weighted by Gasteiger charge is 2.43. The van der Waals surface area contributed by atoms with Crippen LogP contribution in [0.2, 0.25) is 0 Å². The van der Waals surface area contributed by atoms with E-state index in [1.54, 1.807) is 6.07 Å². The second-order valence-electron chi connectivity index (χ2n) is 14.4. The van der Waals surface area contributed by atoms with Crippen molar-refractivity contribution in [1.82, 2.24) is 5.48 Å². The average Bonchev–Trinajstić information content (AvgIpc) is 3.63. The molecule has 2 aliphatic heterocycles. The molecule has 5 rings (SSSR count). The number of hydrogen-bond acceptors (Lipinski definition) is 13. The van der Waals surface area contributed by atoms with E-state index in [-0.39, 0.29) is 47.2 Å². The highest BCUT2D eigenvalue weighted by atomic mass is 32.2. The van der Waals surface area contributed by atoms with Crippen molar-refractivity contribution in [2.75, 3.05) is 22.9 Å². The van der Waals surface area contributed by atoms with Crippen molar-refractivity contribution in [1.29, 1.82) is 0 Å². The summed E-state index contributed by atoms with van der Waals surface area (Å²) in [6.45, 7) is 11.9. The fraction of sp³-hybridized carbons (Fsp3) is 0.447. The molecule has 2 aromatic rings. The van der Waals surface area contributed by atoms with E-state index in [1.165, 1.54) is 12.1 Å². The van der Waals surface area contributed by atoms with Gasteiger partial charge in [-0.2, -0.15) is 8.42 Å². The number of ketones is 2. The lowest BCUT2D eigenvalue weighted by atomic mass is 9.80. The fourth-order valence-corrected chi connectivity index (χ4v) is 8.38. The van der Waals surface area contributed by atoms with Crippen LogP contribution in [-0.2, 0) is 49.5 Å². The molecule has 1 atom stereocenters. The molecular formula is C38H47N3O10S2. The lowest BCUT2D eigenvalue weighted by molar-refractivity contribution is -0.432. The summed E-state index contributed by atoms with van der Waals surface area (Å²) in [6.07, 6.45) is 12.5. The molecule has 53 heavy (non-hydrogen) atoms. The van der Waals surface area contributed by atoms with Gasteiger partial charge in [-0.3, -0.25) is 18.9 Å². The molecule has 1 unspecified atom stereocenters. The van der Waals surface area contributed by atoms with E-state index in [1.807, 2.05) is 56.4 Å². The monoisotopic (exact) mass is 769 g/mol. The van der Waals surface area contributed by atoms with Crippen LogP contribution in [0.4, 0.5) is 11.4 Å². The molecule has 0 aromatic heterocycles. The summed E-state index contributed by atoms with van der Waals surface area (Å²) < 4.78 is 38.5. The number of carbonyl (C=O) groups excluding carboxylic acids is 3. The summed E-state index contributed by atoms with van der Waals surface area (Å²) in [6, 6.07) is 9.65. The van der Waals surface area contributed by atoms with E-state index in [0.29, 0.717) is 25.8 Å². The van der Waals surface area contributed by atoms with E-state index in [4.69, 9.17) is 10.1 Å². The Kier molecular flexibility index (Phi) is 12.7. The van der Waals surface area contributed by atoms with Crippen molar-refractivity contribution < 1.29 is 46.8 Å². The van der Waals surface area contributed by atoms with Crippen molar-refractivity contribution >= 4 is 51.1 Å². The number of Topliss-reactive ketones (excluding diaryl/α,β-unsaturated/α-hetero) is 2. The zero-order chi connectivity index (χ0) is 38.6. The van der Waals surface area contributed by atoms with Crippen molar-refractivity contribution in [3.8, 4) is 0 Å². The van der Waals surface area contributed by atoms with Gasteiger partial charge >= 0.3 is 5.97 Å². The summed E-state index contributed by atoms with van der Waals surface area (Å²) in [5, 5.41) is 12.3. The Morgan fingerprint density at radius 3 is 2.38 bits per heavy atom. The highest BCUT2D eigenvalue weighted by Crippen LogP contribution is 2.49. The van der Waals surface area contributed by atoms with Gasteiger partial charge in [0.2, 0.25) is 0 Å². The van der Waals surface area contributed by atoms with E-state index in [9.17, 15) is 27.4 Å². The van der Waals surface area contributed by atoms with Crippen LogP contribution in [0.15, 0.2) is 82.3 Å². The molecule has 15 heteroatoms. The second kappa shape index (κ2) is 16.7. The fourth-order valence-electron chi connectivity index (χ4n) is 7.47. The number of carbonyl (C=O) groups is 3. The van der Waals surface area contributed by atoms with Crippen molar-refractivity contribution in [2.45, 2.75) is 106 Å². The summed E-state index contributed by atoms with van der Waals surface area (Å²) in [4.78, 5) is 45.9. The third kappa shape index (κ3) is 8.78.